The highest BCUT2D eigenvalue weighted by atomic mass is 32.2. The van der Waals surface area contributed by atoms with Gasteiger partial charge in [-0.1, -0.05) is 31.4 Å². The first-order valence-electron chi connectivity index (χ1n) is 10.0. The summed E-state index contributed by atoms with van der Waals surface area (Å²) >= 11 is 0. The van der Waals surface area contributed by atoms with Crippen molar-refractivity contribution in [2.45, 2.75) is 44.3 Å². The molecule has 32 heavy (non-hydrogen) atoms. The van der Waals surface area contributed by atoms with Gasteiger partial charge >= 0.3 is 5.97 Å². The van der Waals surface area contributed by atoms with Crippen molar-refractivity contribution < 1.29 is 27.2 Å². The maximum Gasteiger partial charge on any atom is 0.333 e. The van der Waals surface area contributed by atoms with Crippen LogP contribution >= 0.6 is 0 Å². The maximum absolute atomic E-state index is 11.7. The van der Waals surface area contributed by atoms with Crippen LogP contribution in [0.2, 0.25) is 0 Å². The molecule has 1 atom stereocenters. The molecule has 8 nitrogen and oxygen atoms in total. The number of ether oxygens (including phenoxy) is 2. The van der Waals surface area contributed by atoms with Gasteiger partial charge in [0.1, 0.15) is 6.10 Å². The van der Waals surface area contributed by atoms with Crippen LogP contribution in [0.4, 0.5) is 0 Å². The van der Waals surface area contributed by atoms with Crippen molar-refractivity contribution in [3.8, 4) is 0 Å². The molecule has 1 unspecified atom stereocenters. The molecule has 0 fully saturated rings. The fourth-order valence-electron chi connectivity index (χ4n) is 2.46. The third-order valence-electron chi connectivity index (χ3n) is 4.11. The minimum atomic E-state index is -4.06. The normalized spacial score (nSPS) is 14.4. The van der Waals surface area contributed by atoms with Gasteiger partial charge in [0.15, 0.2) is 0 Å². The van der Waals surface area contributed by atoms with E-state index in [4.69, 9.17) is 14.0 Å². The van der Waals surface area contributed by atoms with Crippen molar-refractivity contribution in [1.29, 1.82) is 0 Å². The molecule has 9 heteroatoms. The van der Waals surface area contributed by atoms with Gasteiger partial charge in [-0.15, -0.1) is 0 Å². The van der Waals surface area contributed by atoms with Gasteiger partial charge in [0.2, 0.25) is 0 Å². The number of carbonyl (C=O) groups is 1. The molecule has 0 saturated heterocycles. The molecule has 1 aliphatic rings. The van der Waals surface area contributed by atoms with E-state index in [0.29, 0.717) is 18.7 Å². The second-order valence-corrected chi connectivity index (χ2v) is 9.87. The Morgan fingerprint density at radius 3 is 2.25 bits per heavy atom. The highest BCUT2D eigenvalue weighted by Gasteiger charge is 2.22. The second-order valence-electron chi connectivity index (χ2n) is 8.45. The van der Waals surface area contributed by atoms with Gasteiger partial charge in [-0.05, 0) is 45.4 Å². The zero-order valence-corrected chi connectivity index (χ0v) is 20.3. The van der Waals surface area contributed by atoms with E-state index in [-0.39, 0.29) is 22.6 Å². The molecule has 1 heterocycles. The predicted octanol–water partition coefficient (Wildman–Crippen LogP) is 3.54. The molecule has 0 saturated carbocycles. The minimum Gasteiger partial charge on any atom is -0.455 e. The summed E-state index contributed by atoms with van der Waals surface area (Å²) in [5.41, 5.74) is 0.952. The van der Waals surface area contributed by atoms with Gasteiger partial charge < -0.3 is 19.3 Å². The summed E-state index contributed by atoms with van der Waals surface area (Å²) in [4.78, 5) is 15.7. The first kappa shape index (κ1) is 27.4. The van der Waals surface area contributed by atoms with E-state index in [1.165, 1.54) is 12.1 Å². The Morgan fingerprint density at radius 1 is 1.25 bits per heavy atom. The average Bonchev–Trinajstić information content (AvgIpc) is 3.10. The Kier molecular flexibility index (Phi) is 10.1. The first-order chi connectivity index (χ1) is 14.7. The van der Waals surface area contributed by atoms with Crippen LogP contribution in [0.5, 0.6) is 0 Å². The molecule has 0 aliphatic carbocycles. The number of hydrogen-bond donors (Lipinski definition) is 1. The summed E-state index contributed by atoms with van der Waals surface area (Å²) in [6.07, 6.45) is 5.25. The number of nitrogens with zero attached hydrogens (tertiary/aromatic N) is 2. The molecule has 0 amide bonds. The molecule has 0 radical (unpaired) electrons. The van der Waals surface area contributed by atoms with Crippen molar-refractivity contribution in [3.63, 3.8) is 0 Å². The molecule has 0 aromatic heterocycles. The van der Waals surface area contributed by atoms with Crippen molar-refractivity contribution in [2.24, 2.45) is 0 Å². The van der Waals surface area contributed by atoms with Crippen LogP contribution in [-0.4, -0.2) is 67.3 Å². The number of benzene rings is 1. The largest absolute Gasteiger partial charge is 0.455 e. The molecule has 178 valence electrons. The van der Waals surface area contributed by atoms with Crippen LogP contribution in [0.25, 0.3) is 6.08 Å². The van der Waals surface area contributed by atoms with Crippen LogP contribution in [0.3, 0.4) is 0 Å². The lowest BCUT2D eigenvalue weighted by molar-refractivity contribution is -0.151. The third kappa shape index (κ3) is 10.6. The summed E-state index contributed by atoms with van der Waals surface area (Å²) in [6, 6.07) is 5.78. The van der Waals surface area contributed by atoms with Crippen LogP contribution in [-0.2, 0) is 24.4 Å². The van der Waals surface area contributed by atoms with E-state index in [2.05, 4.69) is 23.0 Å². The van der Waals surface area contributed by atoms with Crippen molar-refractivity contribution in [3.05, 3.63) is 61.0 Å². The van der Waals surface area contributed by atoms with Crippen LogP contribution < -0.4 is 0 Å². The van der Waals surface area contributed by atoms with E-state index in [1.54, 1.807) is 25.1 Å². The van der Waals surface area contributed by atoms with Crippen molar-refractivity contribution >= 4 is 22.2 Å². The minimum absolute atomic E-state index is 0.104. The molecule has 0 bridgehead atoms. The Bertz CT molecular complexity index is 917. The lowest BCUT2D eigenvalue weighted by atomic mass is 10.2. The van der Waals surface area contributed by atoms with Gasteiger partial charge in [0.05, 0.1) is 30.3 Å². The highest BCUT2D eigenvalue weighted by molar-refractivity contribution is 7.85. The Labute approximate surface area is 191 Å². The number of carbonyl (C=O) groups excluding carboxylic acids is 1. The zero-order valence-electron chi connectivity index (χ0n) is 19.4. The van der Waals surface area contributed by atoms with Gasteiger partial charge in [-0.3, -0.25) is 4.55 Å². The van der Waals surface area contributed by atoms with Crippen molar-refractivity contribution in [1.82, 2.24) is 9.80 Å². The SMILES string of the molecule is C=C(C)C(=O)OC(COC(C)(C)C)CN1C=CN(C)C1.C=Cc1ccc(S(=O)(=O)O)cc1. The summed E-state index contributed by atoms with van der Waals surface area (Å²) in [7, 11) is -2.07. The fraction of sp³-hybridized carbons (Fsp3) is 0.435. The van der Waals surface area contributed by atoms with E-state index in [1.807, 2.05) is 40.2 Å². The van der Waals surface area contributed by atoms with E-state index in [0.717, 1.165) is 12.2 Å². The Hall–Kier alpha value is -2.62. The zero-order chi connectivity index (χ0) is 24.5. The number of esters is 1. The summed E-state index contributed by atoms with van der Waals surface area (Å²) < 4.78 is 40.9. The predicted molar refractivity (Wildman–Crippen MR) is 125 cm³/mol. The standard InChI is InChI=1S/C15H26N2O3.C8H8O3S/c1-12(2)14(18)20-13(10-19-15(3,4)5)9-17-8-7-16(6)11-17;1-2-7-3-5-8(6-4-7)12(9,10)11/h7-8,13H,1,9-11H2,2-6H3;2-6H,1H2,(H,9,10,11). The summed E-state index contributed by atoms with van der Waals surface area (Å²) in [6.45, 7) is 16.5. The van der Waals surface area contributed by atoms with Gasteiger partial charge in [0, 0.05) is 25.0 Å². The van der Waals surface area contributed by atoms with E-state index >= 15 is 0 Å². The van der Waals surface area contributed by atoms with Gasteiger partial charge in [-0.25, -0.2) is 4.79 Å². The van der Waals surface area contributed by atoms with E-state index in [9.17, 15) is 13.2 Å². The molecule has 1 N–H and O–H groups in total. The molecule has 1 aromatic carbocycles. The van der Waals surface area contributed by atoms with Gasteiger partial charge in [-0.2, -0.15) is 8.42 Å². The molecule has 1 aliphatic heterocycles. The number of hydrogen-bond acceptors (Lipinski definition) is 7. The molecule has 2 rings (SSSR count). The fourth-order valence-corrected chi connectivity index (χ4v) is 2.94. The van der Waals surface area contributed by atoms with Crippen molar-refractivity contribution in [2.75, 3.05) is 26.9 Å². The lowest BCUT2D eigenvalue weighted by Crippen LogP contribution is -2.38. The topological polar surface area (TPSA) is 96.4 Å². The summed E-state index contributed by atoms with van der Waals surface area (Å²) in [5.74, 6) is -0.371. The van der Waals surface area contributed by atoms with Crippen LogP contribution in [0.15, 0.2) is 60.3 Å². The molecular weight excluding hydrogens is 432 g/mol. The number of rotatable bonds is 8. The maximum atomic E-state index is 11.7. The average molecular weight is 467 g/mol. The highest BCUT2D eigenvalue weighted by Crippen LogP contribution is 2.13. The Balaban J connectivity index is 0.000000363. The monoisotopic (exact) mass is 466 g/mol. The molecule has 0 spiro atoms. The first-order valence-corrected chi connectivity index (χ1v) is 11.5. The molecule has 1 aromatic rings. The van der Waals surface area contributed by atoms with Crippen LogP contribution in [0, 0.1) is 0 Å². The summed E-state index contributed by atoms with van der Waals surface area (Å²) in [5, 5.41) is 0. The molecular formula is C23H34N2O6S. The smallest absolute Gasteiger partial charge is 0.333 e. The van der Waals surface area contributed by atoms with Gasteiger partial charge in [0.25, 0.3) is 10.1 Å². The van der Waals surface area contributed by atoms with Crippen LogP contribution in [0.1, 0.15) is 33.3 Å². The second kappa shape index (κ2) is 11.8. The third-order valence-corrected chi connectivity index (χ3v) is 4.98. The Morgan fingerprint density at radius 2 is 1.84 bits per heavy atom. The van der Waals surface area contributed by atoms with E-state index < -0.39 is 10.1 Å². The quantitative estimate of drug-likeness (QED) is 0.353. The lowest BCUT2D eigenvalue weighted by Gasteiger charge is -2.28.